The average Bonchev–Trinajstić information content (AvgIpc) is 2.80. The van der Waals surface area contributed by atoms with Gasteiger partial charge in [-0.1, -0.05) is 64.7 Å². The summed E-state index contributed by atoms with van der Waals surface area (Å²) in [5, 5.41) is 10.1. The number of carbonyl (C=O) groups is 1. The first kappa shape index (κ1) is 24.4. The molecule has 0 aliphatic rings. The van der Waals surface area contributed by atoms with E-state index < -0.39 is 5.97 Å². The van der Waals surface area contributed by atoms with Crippen LogP contribution in [0, 0.1) is 0 Å². The summed E-state index contributed by atoms with van der Waals surface area (Å²) in [5.41, 5.74) is 2.07. The molecule has 0 fully saturated rings. The topological polar surface area (TPSA) is 67.5 Å². The van der Waals surface area contributed by atoms with E-state index in [1.165, 1.54) is 69.9 Å². The third kappa shape index (κ3) is 6.16. The molecule has 0 amide bonds. The van der Waals surface area contributed by atoms with Crippen LogP contribution < -0.4 is 5.43 Å². The minimum atomic E-state index is -1.05. The van der Waals surface area contributed by atoms with E-state index in [-0.39, 0.29) is 11.0 Å². The molecule has 172 valence electrons. The fourth-order valence-corrected chi connectivity index (χ4v) is 4.74. The van der Waals surface area contributed by atoms with Gasteiger partial charge in [-0.2, -0.15) is 0 Å². The van der Waals surface area contributed by atoms with Crippen molar-refractivity contribution in [1.82, 2.24) is 0 Å². The van der Waals surface area contributed by atoms with Gasteiger partial charge in [-0.15, -0.1) is 11.8 Å². The SMILES string of the molecule is CCCCCCCCCCCCc1cc(SC)cc2c(=O)c3cc(C(=O)O)ccc3oc12. The van der Waals surface area contributed by atoms with Crippen LogP contribution in [0.1, 0.15) is 87.1 Å². The van der Waals surface area contributed by atoms with Gasteiger partial charge in [-0.3, -0.25) is 4.79 Å². The largest absolute Gasteiger partial charge is 0.478 e. The van der Waals surface area contributed by atoms with Gasteiger partial charge in [0.2, 0.25) is 5.43 Å². The van der Waals surface area contributed by atoms with Gasteiger partial charge in [0.15, 0.2) is 0 Å². The highest BCUT2D eigenvalue weighted by atomic mass is 32.2. The lowest BCUT2D eigenvalue weighted by Gasteiger charge is -2.10. The van der Waals surface area contributed by atoms with E-state index in [4.69, 9.17) is 4.42 Å². The highest BCUT2D eigenvalue weighted by Crippen LogP contribution is 2.29. The highest BCUT2D eigenvalue weighted by molar-refractivity contribution is 7.98. The zero-order valence-electron chi connectivity index (χ0n) is 19.2. The Morgan fingerprint density at radius 2 is 1.56 bits per heavy atom. The third-order valence-electron chi connectivity index (χ3n) is 6.10. The molecular formula is C27H34O4S. The maximum Gasteiger partial charge on any atom is 0.335 e. The van der Waals surface area contributed by atoms with E-state index in [0.717, 1.165) is 23.3 Å². The molecule has 1 aromatic heterocycles. The summed E-state index contributed by atoms with van der Waals surface area (Å²) in [6.07, 6.45) is 15.7. The first-order valence-electron chi connectivity index (χ1n) is 11.9. The number of fused-ring (bicyclic) bond motifs is 2. The van der Waals surface area contributed by atoms with Crippen molar-refractivity contribution in [3.63, 3.8) is 0 Å². The van der Waals surface area contributed by atoms with E-state index >= 15 is 0 Å². The van der Waals surface area contributed by atoms with E-state index in [2.05, 4.69) is 13.0 Å². The maximum atomic E-state index is 13.2. The van der Waals surface area contributed by atoms with Crippen molar-refractivity contribution in [2.45, 2.75) is 82.4 Å². The number of aromatic carboxylic acids is 1. The third-order valence-corrected chi connectivity index (χ3v) is 6.81. The second-order valence-corrected chi connectivity index (χ2v) is 9.42. The Morgan fingerprint density at radius 3 is 2.19 bits per heavy atom. The van der Waals surface area contributed by atoms with Crippen LogP contribution in [0.15, 0.2) is 44.4 Å². The Labute approximate surface area is 194 Å². The van der Waals surface area contributed by atoms with Gasteiger partial charge < -0.3 is 9.52 Å². The van der Waals surface area contributed by atoms with Gasteiger partial charge in [0.1, 0.15) is 11.2 Å². The molecule has 1 N–H and O–H groups in total. The minimum absolute atomic E-state index is 0.0933. The van der Waals surface area contributed by atoms with Crippen LogP contribution in [0.4, 0.5) is 0 Å². The van der Waals surface area contributed by atoms with Gasteiger partial charge >= 0.3 is 5.97 Å². The lowest BCUT2D eigenvalue weighted by Crippen LogP contribution is -2.06. The molecule has 0 unspecified atom stereocenters. The van der Waals surface area contributed by atoms with Crippen molar-refractivity contribution in [1.29, 1.82) is 0 Å². The van der Waals surface area contributed by atoms with Crippen LogP contribution in [-0.2, 0) is 6.42 Å². The van der Waals surface area contributed by atoms with Crippen LogP contribution in [0.3, 0.4) is 0 Å². The molecule has 3 rings (SSSR count). The van der Waals surface area contributed by atoms with Gasteiger partial charge in [0, 0.05) is 4.90 Å². The molecule has 0 saturated heterocycles. The molecule has 0 radical (unpaired) electrons. The van der Waals surface area contributed by atoms with E-state index in [1.807, 2.05) is 12.3 Å². The maximum absolute atomic E-state index is 13.2. The van der Waals surface area contributed by atoms with Crippen molar-refractivity contribution in [3.8, 4) is 0 Å². The second-order valence-electron chi connectivity index (χ2n) is 8.54. The summed E-state index contributed by atoms with van der Waals surface area (Å²) >= 11 is 1.60. The number of rotatable bonds is 13. The smallest absolute Gasteiger partial charge is 0.335 e. The number of benzene rings is 2. The summed E-state index contributed by atoms with van der Waals surface area (Å²) in [6.45, 7) is 2.25. The predicted octanol–water partition coefficient (Wildman–Crippen LogP) is 7.83. The number of carboxylic acids is 1. The van der Waals surface area contributed by atoms with Crippen LogP contribution in [0.5, 0.6) is 0 Å². The zero-order chi connectivity index (χ0) is 22.9. The van der Waals surface area contributed by atoms with Crippen molar-refractivity contribution < 1.29 is 14.3 Å². The quantitative estimate of drug-likeness (QED) is 0.162. The van der Waals surface area contributed by atoms with Crippen molar-refractivity contribution in [3.05, 3.63) is 51.7 Å². The number of hydrogen-bond donors (Lipinski definition) is 1. The lowest BCUT2D eigenvalue weighted by atomic mass is 10.0. The highest BCUT2D eigenvalue weighted by Gasteiger charge is 2.15. The Balaban J connectivity index is 1.71. The number of thioether (sulfide) groups is 1. The number of hydrogen-bond acceptors (Lipinski definition) is 4. The van der Waals surface area contributed by atoms with Crippen LogP contribution in [-0.4, -0.2) is 17.3 Å². The van der Waals surface area contributed by atoms with Crippen LogP contribution in [0.25, 0.3) is 21.9 Å². The molecule has 1 heterocycles. The number of carboxylic acid groups (broad SMARTS) is 1. The fourth-order valence-electron chi connectivity index (χ4n) is 4.24. The molecule has 4 nitrogen and oxygen atoms in total. The Morgan fingerprint density at radius 1 is 0.906 bits per heavy atom. The second kappa shape index (κ2) is 12.1. The van der Waals surface area contributed by atoms with E-state index in [9.17, 15) is 14.7 Å². The summed E-state index contributed by atoms with van der Waals surface area (Å²) < 4.78 is 6.13. The molecular weight excluding hydrogens is 420 g/mol. The summed E-state index contributed by atoms with van der Waals surface area (Å²) in [7, 11) is 0. The fraction of sp³-hybridized carbons (Fsp3) is 0.481. The summed E-state index contributed by atoms with van der Waals surface area (Å²) in [5.74, 6) is -1.05. The zero-order valence-corrected chi connectivity index (χ0v) is 20.1. The standard InChI is InChI=1S/C27H34O4S/c1-3-4-5-6-7-8-9-10-11-12-13-19-16-21(32-2)18-23-25(28)22-17-20(27(29)30)14-15-24(22)31-26(19)23/h14-18H,3-13H2,1-2H3,(H,29,30). The minimum Gasteiger partial charge on any atom is -0.478 e. The van der Waals surface area contributed by atoms with Gasteiger partial charge in [0.05, 0.1) is 16.3 Å². The van der Waals surface area contributed by atoms with Crippen molar-refractivity contribution in [2.24, 2.45) is 0 Å². The molecule has 0 aliphatic heterocycles. The monoisotopic (exact) mass is 454 g/mol. The Bertz CT molecular complexity index is 1120. The first-order chi connectivity index (χ1) is 15.5. The van der Waals surface area contributed by atoms with Crippen molar-refractivity contribution in [2.75, 3.05) is 6.26 Å². The first-order valence-corrected chi connectivity index (χ1v) is 13.1. The van der Waals surface area contributed by atoms with E-state index in [0.29, 0.717) is 21.9 Å². The van der Waals surface area contributed by atoms with Crippen LogP contribution in [0.2, 0.25) is 0 Å². The predicted molar refractivity (Wildman–Crippen MR) is 134 cm³/mol. The lowest BCUT2D eigenvalue weighted by molar-refractivity contribution is 0.0697. The van der Waals surface area contributed by atoms with Gasteiger partial charge in [-0.05, 0) is 55.0 Å². The molecule has 0 aliphatic carbocycles. The number of unbranched alkanes of at least 4 members (excludes halogenated alkanes) is 9. The Hall–Kier alpha value is -2.27. The number of aryl methyl sites for hydroxylation is 1. The molecule has 32 heavy (non-hydrogen) atoms. The molecule has 0 bridgehead atoms. The summed E-state index contributed by atoms with van der Waals surface area (Å²) in [4.78, 5) is 25.5. The van der Waals surface area contributed by atoms with Gasteiger partial charge in [-0.25, -0.2) is 4.79 Å². The molecule has 0 saturated carbocycles. The van der Waals surface area contributed by atoms with Crippen LogP contribution >= 0.6 is 11.8 Å². The molecule has 3 aromatic rings. The molecule has 0 spiro atoms. The Kier molecular flexibility index (Phi) is 9.22. The molecule has 2 aromatic carbocycles. The summed E-state index contributed by atoms with van der Waals surface area (Å²) in [6, 6.07) is 8.47. The van der Waals surface area contributed by atoms with Gasteiger partial charge in [0.25, 0.3) is 0 Å². The van der Waals surface area contributed by atoms with Crippen molar-refractivity contribution >= 4 is 39.7 Å². The normalized spacial score (nSPS) is 11.4. The van der Waals surface area contributed by atoms with E-state index in [1.54, 1.807) is 17.8 Å². The molecule has 5 heteroatoms. The molecule has 0 atom stereocenters. The average molecular weight is 455 g/mol.